The normalized spacial score (nSPS) is 18.0. The molecule has 4 nitrogen and oxygen atoms in total. The van der Waals surface area contributed by atoms with Crippen molar-refractivity contribution in [1.29, 1.82) is 0 Å². The number of nitrogen functional groups attached to an aromatic ring is 1. The monoisotopic (exact) mass is 364 g/mol. The number of carbonyl (C=O) groups is 1. The summed E-state index contributed by atoms with van der Waals surface area (Å²) in [6.45, 7) is 2.72. The molecule has 2 aromatic rings. The van der Waals surface area contributed by atoms with Crippen molar-refractivity contribution in [2.45, 2.75) is 57.5 Å². The number of fused-ring (bicyclic) bond motifs is 2. The summed E-state index contributed by atoms with van der Waals surface area (Å²) in [6, 6.07) is 12.1. The molecule has 1 saturated carbocycles. The molecule has 4 heteroatoms. The van der Waals surface area contributed by atoms with Gasteiger partial charge < -0.3 is 15.4 Å². The molecule has 0 radical (unpaired) electrons. The lowest BCUT2D eigenvalue weighted by atomic mass is 9.75. The van der Waals surface area contributed by atoms with E-state index in [0.717, 1.165) is 65.8 Å². The minimum absolute atomic E-state index is 0.166. The summed E-state index contributed by atoms with van der Waals surface area (Å²) >= 11 is 0. The zero-order valence-electron chi connectivity index (χ0n) is 16.3. The number of rotatable bonds is 4. The summed E-state index contributed by atoms with van der Waals surface area (Å²) in [5, 5.41) is 0. The molecule has 2 aliphatic rings. The summed E-state index contributed by atoms with van der Waals surface area (Å²) in [5.41, 5.74) is 11.1. The Labute approximate surface area is 161 Å². The largest absolute Gasteiger partial charge is 0.497 e. The van der Waals surface area contributed by atoms with Gasteiger partial charge in [0.15, 0.2) is 0 Å². The molecule has 0 saturated heterocycles. The van der Waals surface area contributed by atoms with E-state index in [9.17, 15) is 4.79 Å². The first-order valence-corrected chi connectivity index (χ1v) is 9.97. The predicted molar refractivity (Wildman–Crippen MR) is 108 cm³/mol. The van der Waals surface area contributed by atoms with Crippen molar-refractivity contribution in [2.24, 2.45) is 0 Å². The number of aryl methyl sites for hydroxylation is 1. The third kappa shape index (κ3) is 2.88. The Morgan fingerprint density at radius 1 is 1.11 bits per heavy atom. The maximum absolute atomic E-state index is 13.5. The van der Waals surface area contributed by atoms with Crippen LogP contribution in [0.1, 0.15) is 66.1 Å². The van der Waals surface area contributed by atoms with Crippen LogP contribution in [0.15, 0.2) is 36.4 Å². The predicted octanol–water partition coefficient (Wildman–Crippen LogP) is 4.66. The van der Waals surface area contributed by atoms with Gasteiger partial charge in [-0.1, -0.05) is 38.3 Å². The lowest BCUT2D eigenvalue weighted by molar-refractivity contribution is 0.0386. The van der Waals surface area contributed by atoms with Gasteiger partial charge >= 0.3 is 0 Å². The van der Waals surface area contributed by atoms with E-state index in [0.29, 0.717) is 6.54 Å². The quantitative estimate of drug-likeness (QED) is 0.803. The fraction of sp³-hybridized carbons (Fsp3) is 0.435. The first-order valence-electron chi connectivity index (χ1n) is 9.97. The van der Waals surface area contributed by atoms with Crippen LogP contribution in [0.4, 0.5) is 5.69 Å². The minimum atomic E-state index is -0.204. The number of benzene rings is 2. The zero-order chi connectivity index (χ0) is 19.0. The average molecular weight is 364 g/mol. The molecule has 1 amide bonds. The lowest BCUT2D eigenvalue weighted by Gasteiger charge is -2.42. The topological polar surface area (TPSA) is 55.6 Å². The summed E-state index contributed by atoms with van der Waals surface area (Å²) in [4.78, 5) is 15.7. The minimum Gasteiger partial charge on any atom is -0.497 e. The van der Waals surface area contributed by atoms with Gasteiger partial charge in [-0.05, 0) is 60.2 Å². The molecule has 0 bridgehead atoms. The number of methoxy groups -OCH3 is 1. The highest BCUT2D eigenvalue weighted by atomic mass is 16.5. The van der Waals surface area contributed by atoms with Crippen molar-refractivity contribution < 1.29 is 9.53 Å². The Balaban J connectivity index is 1.79. The summed E-state index contributed by atoms with van der Waals surface area (Å²) in [6.07, 6.45) is 6.42. The summed E-state index contributed by atoms with van der Waals surface area (Å²) in [7, 11) is 1.67. The molecule has 0 aromatic heterocycles. The molecule has 1 fully saturated rings. The van der Waals surface area contributed by atoms with E-state index in [1.165, 1.54) is 6.42 Å². The summed E-state index contributed by atoms with van der Waals surface area (Å²) in [5.74, 6) is 1.00. The smallest absolute Gasteiger partial charge is 0.255 e. The van der Waals surface area contributed by atoms with Gasteiger partial charge in [-0.15, -0.1) is 0 Å². The van der Waals surface area contributed by atoms with Crippen LogP contribution in [-0.4, -0.2) is 17.9 Å². The highest BCUT2D eigenvalue weighted by molar-refractivity contribution is 6.02. The van der Waals surface area contributed by atoms with E-state index in [1.807, 2.05) is 18.2 Å². The van der Waals surface area contributed by atoms with E-state index in [1.54, 1.807) is 7.11 Å². The second kappa shape index (κ2) is 6.91. The highest BCUT2D eigenvalue weighted by Crippen LogP contribution is 2.50. The van der Waals surface area contributed by atoms with Crippen LogP contribution in [0.2, 0.25) is 0 Å². The Morgan fingerprint density at radius 2 is 1.81 bits per heavy atom. The van der Waals surface area contributed by atoms with Crippen LogP contribution >= 0.6 is 0 Å². The van der Waals surface area contributed by atoms with Crippen LogP contribution in [0.5, 0.6) is 5.75 Å². The Kier molecular flexibility index (Phi) is 4.58. The van der Waals surface area contributed by atoms with Crippen molar-refractivity contribution >= 4 is 11.6 Å². The second-order valence-electron chi connectivity index (χ2n) is 7.79. The molecule has 2 N–H and O–H groups in total. The van der Waals surface area contributed by atoms with Gasteiger partial charge in [-0.3, -0.25) is 4.79 Å². The standard InChI is InChI=1S/C23H28N2O2/c1-3-17-13-18(24)14-20-21(17)22(26)25(23(20)11-5-4-6-12-23)15-16-7-9-19(27-2)10-8-16/h7-10,13-14H,3-6,11-12,15,24H2,1-2H3. The maximum atomic E-state index is 13.5. The number of hydrogen-bond donors (Lipinski definition) is 1. The molecule has 2 aromatic carbocycles. The van der Waals surface area contributed by atoms with Crippen molar-refractivity contribution in [2.75, 3.05) is 12.8 Å². The van der Waals surface area contributed by atoms with Gasteiger partial charge in [0.05, 0.1) is 12.6 Å². The van der Waals surface area contributed by atoms with Crippen LogP contribution in [-0.2, 0) is 18.5 Å². The molecule has 0 unspecified atom stereocenters. The van der Waals surface area contributed by atoms with Gasteiger partial charge in [0.1, 0.15) is 5.75 Å². The number of carbonyl (C=O) groups excluding carboxylic acids is 1. The molecule has 1 aliphatic carbocycles. The van der Waals surface area contributed by atoms with Crippen molar-refractivity contribution in [1.82, 2.24) is 4.90 Å². The molecule has 1 spiro atoms. The Hall–Kier alpha value is -2.49. The van der Waals surface area contributed by atoms with E-state index >= 15 is 0 Å². The zero-order valence-corrected chi connectivity index (χ0v) is 16.3. The third-order valence-corrected chi connectivity index (χ3v) is 6.28. The number of nitrogens with two attached hydrogens (primary N) is 1. The molecule has 142 valence electrons. The fourth-order valence-corrected chi connectivity index (χ4v) is 4.91. The molecule has 27 heavy (non-hydrogen) atoms. The molecule has 0 atom stereocenters. The number of nitrogens with zero attached hydrogens (tertiary/aromatic N) is 1. The van der Waals surface area contributed by atoms with E-state index in [2.05, 4.69) is 30.0 Å². The number of hydrogen-bond acceptors (Lipinski definition) is 3. The van der Waals surface area contributed by atoms with Crippen LogP contribution in [0.25, 0.3) is 0 Å². The fourth-order valence-electron chi connectivity index (χ4n) is 4.91. The van der Waals surface area contributed by atoms with Crippen molar-refractivity contribution in [3.05, 3.63) is 58.7 Å². The second-order valence-corrected chi connectivity index (χ2v) is 7.79. The summed E-state index contributed by atoms with van der Waals surface area (Å²) < 4.78 is 5.27. The third-order valence-electron chi connectivity index (χ3n) is 6.28. The lowest BCUT2D eigenvalue weighted by Crippen LogP contribution is -2.44. The number of ether oxygens (including phenoxy) is 1. The maximum Gasteiger partial charge on any atom is 0.255 e. The van der Waals surface area contributed by atoms with E-state index < -0.39 is 0 Å². The van der Waals surface area contributed by atoms with Crippen LogP contribution in [0.3, 0.4) is 0 Å². The van der Waals surface area contributed by atoms with E-state index in [-0.39, 0.29) is 11.4 Å². The van der Waals surface area contributed by atoms with Gasteiger partial charge in [0.2, 0.25) is 0 Å². The van der Waals surface area contributed by atoms with Crippen LogP contribution < -0.4 is 10.5 Å². The Bertz CT molecular complexity index is 851. The first kappa shape index (κ1) is 17.9. The molecule has 1 heterocycles. The molecule has 1 aliphatic heterocycles. The van der Waals surface area contributed by atoms with Gasteiger partial charge in [0.25, 0.3) is 5.91 Å². The van der Waals surface area contributed by atoms with Crippen molar-refractivity contribution in [3.63, 3.8) is 0 Å². The van der Waals surface area contributed by atoms with Crippen molar-refractivity contribution in [3.8, 4) is 5.75 Å². The van der Waals surface area contributed by atoms with Gasteiger partial charge in [0, 0.05) is 17.8 Å². The SMILES string of the molecule is CCc1cc(N)cc2c1C(=O)N(Cc1ccc(OC)cc1)C21CCCCC1. The van der Waals surface area contributed by atoms with E-state index in [4.69, 9.17) is 10.5 Å². The number of anilines is 1. The molecular formula is C23H28N2O2. The first-order chi connectivity index (χ1) is 13.1. The Morgan fingerprint density at radius 3 is 2.44 bits per heavy atom. The van der Waals surface area contributed by atoms with Gasteiger partial charge in [-0.2, -0.15) is 0 Å². The number of amides is 1. The molecule has 4 rings (SSSR count). The highest BCUT2D eigenvalue weighted by Gasteiger charge is 2.50. The van der Waals surface area contributed by atoms with Gasteiger partial charge in [-0.25, -0.2) is 0 Å². The average Bonchev–Trinajstić information content (AvgIpc) is 2.91. The van der Waals surface area contributed by atoms with Crippen LogP contribution in [0, 0.1) is 0 Å². The molecular weight excluding hydrogens is 336 g/mol.